The molecule has 4 N–H and O–H groups in total. The van der Waals surface area contributed by atoms with Crippen molar-refractivity contribution in [2.75, 3.05) is 46.2 Å². The average molecular weight is 775 g/mol. The first-order chi connectivity index (χ1) is 24.4. The number of nitrogens with zero attached hydrogens (tertiary/aromatic N) is 5. The summed E-state index contributed by atoms with van der Waals surface area (Å²) in [6.07, 6.45) is -11.6. The molecule has 0 aliphatic carbocycles. The van der Waals surface area contributed by atoms with Crippen LogP contribution in [-0.4, -0.2) is 118 Å². The fourth-order valence-electron chi connectivity index (χ4n) is 3.44. The Labute approximate surface area is 293 Å². The molecule has 0 spiro atoms. The van der Waals surface area contributed by atoms with Crippen molar-refractivity contribution < 1.29 is 78.7 Å². The molecule has 2 heterocycles. The number of likely N-dealkylation sites (N-methyl/N-ethyl adjacent to an activating group) is 2. The van der Waals surface area contributed by atoms with Crippen LogP contribution in [0.25, 0.3) is 22.0 Å². The van der Waals surface area contributed by atoms with Crippen LogP contribution < -0.4 is 14.4 Å². The predicted octanol–water partition coefficient (Wildman–Crippen LogP) is 5.51. The Hall–Kier alpha value is -5.87. The Kier molecular flexibility index (Phi) is 16.7. The van der Waals surface area contributed by atoms with Crippen molar-refractivity contribution in [1.29, 1.82) is 0 Å². The molecular formula is C30H31F9N6O8. The summed E-state index contributed by atoms with van der Waals surface area (Å²) in [5, 5.41) is 29.3. The van der Waals surface area contributed by atoms with Gasteiger partial charge in [0, 0.05) is 37.3 Å². The Morgan fingerprint density at radius 2 is 1.26 bits per heavy atom. The van der Waals surface area contributed by atoms with Gasteiger partial charge in [-0.15, -0.1) is 0 Å². The maximum absolute atomic E-state index is 10.6. The van der Waals surface area contributed by atoms with Gasteiger partial charge in [-0.2, -0.15) is 44.6 Å². The smallest absolute Gasteiger partial charge is 0.490 e. The summed E-state index contributed by atoms with van der Waals surface area (Å²) in [5.41, 5.74) is 2.96. The zero-order valence-electron chi connectivity index (χ0n) is 27.8. The number of para-hydroxylation sites is 2. The molecule has 2 aromatic carbocycles. The van der Waals surface area contributed by atoms with Crippen LogP contribution in [0, 0.1) is 0 Å². The highest BCUT2D eigenvalue weighted by atomic mass is 19.4. The number of fused-ring (bicyclic) bond motifs is 1. The second kappa shape index (κ2) is 19.7. The second-order valence-electron chi connectivity index (χ2n) is 10.3. The first-order valence-electron chi connectivity index (χ1n) is 14.2. The first-order valence-corrected chi connectivity index (χ1v) is 14.2. The normalized spacial score (nSPS) is 11.2. The lowest BCUT2D eigenvalue weighted by Gasteiger charge is -2.23. The van der Waals surface area contributed by atoms with Crippen molar-refractivity contribution >= 4 is 34.6 Å². The third-order valence-electron chi connectivity index (χ3n) is 5.95. The van der Waals surface area contributed by atoms with Crippen LogP contribution in [0.2, 0.25) is 0 Å². The molecule has 4 rings (SSSR count). The summed E-state index contributed by atoms with van der Waals surface area (Å²) in [7, 11) is 7.82. The topological polar surface area (TPSA) is 191 Å². The van der Waals surface area contributed by atoms with E-state index >= 15 is 0 Å². The molecule has 14 nitrogen and oxygen atoms in total. The van der Waals surface area contributed by atoms with E-state index in [9.17, 15) is 39.5 Å². The summed E-state index contributed by atoms with van der Waals surface area (Å²) < 4.78 is 107. The molecular weight excluding hydrogens is 743 g/mol. The van der Waals surface area contributed by atoms with Crippen molar-refractivity contribution in [3.05, 3.63) is 60.7 Å². The molecule has 292 valence electrons. The second-order valence-corrected chi connectivity index (χ2v) is 10.3. The van der Waals surface area contributed by atoms with Gasteiger partial charge in [0.15, 0.2) is 17.3 Å². The standard InChI is InChI=1S/C24H28N6O2.3C2HF3O2/c1-29(2)11-12-30(3)24-19-13-17(18-14-25-26-15-18)9-10-20(19)27-23(28-24)16-32-22-8-6-5-7-21(22)31-4;3*3-2(4,5)1(6)7/h5-10,13-15H,11-12,16H2,1-4H3,(H,25,26);3*(H,6,7). The highest BCUT2D eigenvalue weighted by Crippen LogP contribution is 2.30. The maximum atomic E-state index is 10.6. The fourth-order valence-corrected chi connectivity index (χ4v) is 3.44. The van der Waals surface area contributed by atoms with E-state index in [1.165, 1.54) is 0 Å². The van der Waals surface area contributed by atoms with Crippen LogP contribution in [0.1, 0.15) is 5.82 Å². The minimum atomic E-state index is -5.08. The van der Waals surface area contributed by atoms with Gasteiger partial charge < -0.3 is 34.6 Å². The van der Waals surface area contributed by atoms with Gasteiger partial charge in [0.2, 0.25) is 0 Å². The lowest BCUT2D eigenvalue weighted by Crippen LogP contribution is -2.29. The van der Waals surface area contributed by atoms with Crippen LogP contribution in [-0.2, 0) is 21.0 Å². The zero-order valence-corrected chi connectivity index (χ0v) is 27.8. The van der Waals surface area contributed by atoms with E-state index in [1.807, 2.05) is 42.7 Å². The van der Waals surface area contributed by atoms with E-state index in [1.54, 1.807) is 7.11 Å². The Bertz CT molecular complexity index is 1730. The Morgan fingerprint density at radius 1 is 0.755 bits per heavy atom. The van der Waals surface area contributed by atoms with Gasteiger partial charge in [0.1, 0.15) is 12.4 Å². The number of aliphatic carboxylic acids is 3. The minimum absolute atomic E-state index is 0.244. The van der Waals surface area contributed by atoms with E-state index in [-0.39, 0.29) is 6.61 Å². The van der Waals surface area contributed by atoms with Gasteiger partial charge >= 0.3 is 36.4 Å². The van der Waals surface area contributed by atoms with Crippen molar-refractivity contribution in [1.82, 2.24) is 25.1 Å². The number of hydrogen-bond donors (Lipinski definition) is 4. The van der Waals surface area contributed by atoms with Crippen LogP contribution in [0.5, 0.6) is 11.5 Å². The molecule has 4 aromatic rings. The van der Waals surface area contributed by atoms with Gasteiger partial charge in [-0.1, -0.05) is 18.2 Å². The Morgan fingerprint density at radius 3 is 1.70 bits per heavy atom. The molecule has 0 aliphatic rings. The van der Waals surface area contributed by atoms with Crippen LogP contribution in [0.15, 0.2) is 54.9 Å². The number of aromatic amines is 1. The first kappa shape index (κ1) is 45.2. The minimum Gasteiger partial charge on any atom is -0.493 e. The molecule has 2 aromatic heterocycles. The van der Waals surface area contributed by atoms with Gasteiger partial charge in [-0.3, -0.25) is 5.10 Å². The number of alkyl halides is 9. The van der Waals surface area contributed by atoms with Gasteiger partial charge in [0.25, 0.3) is 0 Å². The van der Waals surface area contributed by atoms with Crippen molar-refractivity contribution in [2.45, 2.75) is 25.1 Å². The number of carbonyl (C=O) groups is 3. The van der Waals surface area contributed by atoms with E-state index in [0.29, 0.717) is 17.3 Å². The lowest BCUT2D eigenvalue weighted by atomic mass is 10.1. The SMILES string of the molecule is COc1ccccc1OCc1nc(N(C)CCN(C)C)c2cc(-c3cn[nH]c3)ccc2n1.O=C(O)C(F)(F)F.O=C(O)C(F)(F)F.O=C(O)C(F)(F)F. The number of H-pyrrole nitrogens is 1. The summed E-state index contributed by atoms with van der Waals surface area (Å²) >= 11 is 0. The van der Waals surface area contributed by atoms with Gasteiger partial charge in [0.05, 0.1) is 18.8 Å². The number of methoxy groups -OCH3 is 1. The molecule has 23 heteroatoms. The van der Waals surface area contributed by atoms with Crippen molar-refractivity contribution in [2.24, 2.45) is 0 Å². The third-order valence-corrected chi connectivity index (χ3v) is 5.95. The summed E-state index contributed by atoms with van der Waals surface area (Å²) in [5.74, 6) is -5.43. The lowest BCUT2D eigenvalue weighted by molar-refractivity contribution is -0.193. The van der Waals surface area contributed by atoms with E-state index in [4.69, 9.17) is 49.1 Å². The quantitative estimate of drug-likeness (QED) is 0.156. The molecule has 0 radical (unpaired) electrons. The molecule has 0 amide bonds. The molecule has 0 saturated carbocycles. The number of ether oxygens (including phenoxy) is 2. The number of carboxylic acids is 3. The number of carboxylic acid groups (broad SMARTS) is 3. The summed E-state index contributed by atoms with van der Waals surface area (Å²) in [6, 6.07) is 13.8. The number of aromatic nitrogens is 4. The maximum Gasteiger partial charge on any atom is 0.490 e. The summed E-state index contributed by atoms with van der Waals surface area (Å²) in [4.78, 5) is 40.7. The molecule has 0 aliphatic heterocycles. The highest BCUT2D eigenvalue weighted by molar-refractivity contribution is 5.93. The third kappa shape index (κ3) is 15.9. The van der Waals surface area contributed by atoms with E-state index < -0.39 is 36.4 Å². The molecule has 53 heavy (non-hydrogen) atoms. The molecule has 0 atom stereocenters. The molecule has 0 fully saturated rings. The monoisotopic (exact) mass is 774 g/mol. The van der Waals surface area contributed by atoms with E-state index in [2.05, 4.69) is 53.3 Å². The number of benzene rings is 2. The number of halogens is 9. The van der Waals surface area contributed by atoms with Crippen LogP contribution in [0.4, 0.5) is 45.3 Å². The molecule has 0 saturated heterocycles. The van der Waals surface area contributed by atoms with E-state index in [0.717, 1.165) is 40.9 Å². The number of nitrogens with one attached hydrogen (secondary N) is 1. The number of anilines is 1. The number of hydrogen-bond acceptors (Lipinski definition) is 10. The van der Waals surface area contributed by atoms with Gasteiger partial charge in [-0.25, -0.2) is 24.4 Å². The predicted molar refractivity (Wildman–Crippen MR) is 167 cm³/mol. The Balaban J connectivity index is 0.000000545. The summed E-state index contributed by atoms with van der Waals surface area (Å²) in [6.45, 7) is 1.99. The average Bonchev–Trinajstić information content (AvgIpc) is 3.60. The molecule has 0 unspecified atom stereocenters. The largest absolute Gasteiger partial charge is 0.493 e. The van der Waals surface area contributed by atoms with Gasteiger partial charge in [-0.05, 0) is 43.9 Å². The fraction of sp³-hybridized carbons (Fsp3) is 0.333. The van der Waals surface area contributed by atoms with Crippen molar-refractivity contribution in [3.8, 4) is 22.6 Å². The van der Waals surface area contributed by atoms with Crippen molar-refractivity contribution in [3.63, 3.8) is 0 Å². The molecule has 0 bridgehead atoms. The van der Waals surface area contributed by atoms with Crippen LogP contribution in [0.3, 0.4) is 0 Å². The zero-order chi connectivity index (χ0) is 40.7. The van der Waals surface area contributed by atoms with Crippen LogP contribution >= 0.6 is 0 Å². The number of rotatable bonds is 9. The highest BCUT2D eigenvalue weighted by Gasteiger charge is 2.39.